The quantitative estimate of drug-likeness (QED) is 0.374. The Kier molecular flexibility index (Phi) is 7.42. The van der Waals surface area contributed by atoms with E-state index in [-0.39, 0.29) is 11.5 Å². The van der Waals surface area contributed by atoms with E-state index in [2.05, 4.69) is 38.1 Å². The van der Waals surface area contributed by atoms with E-state index in [9.17, 15) is 15.6 Å². The van der Waals surface area contributed by atoms with E-state index in [0.29, 0.717) is 41.4 Å². The van der Waals surface area contributed by atoms with Crippen LogP contribution in [0, 0.1) is 51.7 Å². The van der Waals surface area contributed by atoms with Gasteiger partial charge >= 0.3 is 0 Å². The fraction of sp³-hybridized carbons (Fsp3) is 0.613. The molecule has 5 aliphatic rings. The summed E-state index contributed by atoms with van der Waals surface area (Å²) >= 11 is 0. The summed E-state index contributed by atoms with van der Waals surface area (Å²) in [6.07, 6.45) is 12.1. The number of hydrogen-bond donors (Lipinski definition) is 4. The van der Waals surface area contributed by atoms with Crippen LogP contribution in [-0.4, -0.2) is 40.3 Å². The molecule has 5 atom stereocenters. The summed E-state index contributed by atoms with van der Waals surface area (Å²) in [4.78, 5) is 9.00. The Morgan fingerprint density at radius 1 is 0.949 bits per heavy atom. The molecule has 0 radical (unpaired) electrons. The molecule has 7 rings (SSSR count). The molecule has 8 nitrogen and oxygen atoms in total. The molecule has 0 saturated heterocycles. The van der Waals surface area contributed by atoms with Crippen LogP contribution in [0.3, 0.4) is 0 Å². The van der Waals surface area contributed by atoms with Gasteiger partial charge in [0.15, 0.2) is 0 Å². The molecule has 5 saturated carbocycles. The Morgan fingerprint density at radius 2 is 1.69 bits per heavy atom. The van der Waals surface area contributed by atoms with E-state index in [1.54, 1.807) is 12.3 Å². The van der Waals surface area contributed by atoms with Gasteiger partial charge in [0.25, 0.3) is 0 Å². The van der Waals surface area contributed by atoms with Gasteiger partial charge in [0.1, 0.15) is 17.5 Å². The maximum Gasteiger partial charge on any atom is 0.224 e. The Labute approximate surface area is 231 Å². The number of nitriles is 2. The highest BCUT2D eigenvalue weighted by molar-refractivity contribution is 5.54. The van der Waals surface area contributed by atoms with Crippen molar-refractivity contribution in [1.29, 1.82) is 10.5 Å². The van der Waals surface area contributed by atoms with Gasteiger partial charge in [-0.2, -0.15) is 15.5 Å². The molecule has 5 fully saturated rings. The molecule has 0 spiro atoms. The van der Waals surface area contributed by atoms with Crippen LogP contribution in [0.25, 0.3) is 0 Å². The first kappa shape index (κ1) is 26.0. The average Bonchev–Trinajstić information content (AvgIpc) is 2.95. The second kappa shape index (κ2) is 11.1. The number of aromatic nitrogens is 2. The van der Waals surface area contributed by atoms with Crippen LogP contribution in [0.15, 0.2) is 30.5 Å². The molecule has 4 bridgehead atoms. The first-order valence-corrected chi connectivity index (χ1v) is 14.7. The summed E-state index contributed by atoms with van der Waals surface area (Å²) < 4.78 is 0. The normalized spacial score (nSPS) is 32.8. The van der Waals surface area contributed by atoms with Crippen LogP contribution in [0.5, 0.6) is 0 Å². The van der Waals surface area contributed by atoms with E-state index in [1.807, 2.05) is 18.2 Å². The van der Waals surface area contributed by atoms with Crippen molar-refractivity contribution in [2.45, 2.75) is 76.5 Å². The maximum absolute atomic E-state index is 9.85. The molecule has 39 heavy (non-hydrogen) atoms. The van der Waals surface area contributed by atoms with E-state index >= 15 is 0 Å². The minimum Gasteiger partial charge on any atom is -0.393 e. The largest absolute Gasteiger partial charge is 0.393 e. The van der Waals surface area contributed by atoms with Crippen molar-refractivity contribution >= 4 is 11.8 Å². The fourth-order valence-electron chi connectivity index (χ4n) is 8.31. The summed E-state index contributed by atoms with van der Waals surface area (Å²) in [6, 6.07) is 12.6. The van der Waals surface area contributed by atoms with Crippen LogP contribution in [0.2, 0.25) is 0 Å². The lowest BCUT2D eigenvalue weighted by Gasteiger charge is -2.60. The Hall–Kier alpha value is -3.20. The zero-order valence-corrected chi connectivity index (χ0v) is 22.6. The average molecular weight is 526 g/mol. The van der Waals surface area contributed by atoms with Gasteiger partial charge in [0.2, 0.25) is 5.95 Å². The zero-order valence-electron chi connectivity index (χ0n) is 22.6. The topological polar surface area (TPSA) is 130 Å². The highest BCUT2D eigenvalue weighted by atomic mass is 16.3. The summed E-state index contributed by atoms with van der Waals surface area (Å²) in [5, 5.41) is 39.7. The van der Waals surface area contributed by atoms with Gasteiger partial charge in [0.05, 0.1) is 23.9 Å². The predicted octanol–water partition coefficient (Wildman–Crippen LogP) is 4.58. The van der Waals surface area contributed by atoms with Crippen LogP contribution in [0.4, 0.5) is 11.8 Å². The number of rotatable bonds is 9. The van der Waals surface area contributed by atoms with Crippen LogP contribution in [-0.2, 0) is 6.54 Å². The minimum atomic E-state index is -0.0849. The van der Waals surface area contributed by atoms with Gasteiger partial charge in [-0.15, -0.1) is 0 Å². The number of hydrogen-bond acceptors (Lipinski definition) is 8. The molecular weight excluding hydrogens is 486 g/mol. The van der Waals surface area contributed by atoms with E-state index in [1.165, 1.54) is 32.1 Å². The van der Waals surface area contributed by atoms with Crippen molar-refractivity contribution in [3.8, 4) is 12.1 Å². The third kappa shape index (κ3) is 5.60. The highest BCUT2D eigenvalue weighted by Crippen LogP contribution is 2.60. The monoisotopic (exact) mass is 525 g/mol. The molecule has 1 heterocycles. The molecule has 4 N–H and O–H groups in total. The van der Waals surface area contributed by atoms with Gasteiger partial charge in [-0.3, -0.25) is 0 Å². The molecule has 1 aromatic heterocycles. The molecule has 0 aliphatic heterocycles. The summed E-state index contributed by atoms with van der Waals surface area (Å²) in [5.41, 5.74) is 2.24. The summed E-state index contributed by atoms with van der Waals surface area (Å²) in [5.74, 6) is 4.02. The molecule has 0 amide bonds. The number of benzene rings is 1. The number of anilines is 2. The first-order chi connectivity index (χ1) is 19.0. The number of aliphatic hydroxyl groups is 1. The first-order valence-electron chi connectivity index (χ1n) is 14.7. The van der Waals surface area contributed by atoms with Crippen LogP contribution in [0.1, 0.15) is 74.5 Å². The van der Waals surface area contributed by atoms with Crippen molar-refractivity contribution in [1.82, 2.24) is 15.3 Å². The third-order valence-electron chi connectivity index (χ3n) is 9.97. The van der Waals surface area contributed by atoms with Crippen molar-refractivity contribution in [2.24, 2.45) is 29.1 Å². The number of nitrogens with zero attached hydrogens (tertiary/aromatic N) is 4. The van der Waals surface area contributed by atoms with Crippen LogP contribution >= 0.6 is 0 Å². The van der Waals surface area contributed by atoms with Gasteiger partial charge in [0, 0.05) is 19.1 Å². The third-order valence-corrected chi connectivity index (χ3v) is 9.97. The summed E-state index contributed by atoms with van der Waals surface area (Å²) in [6.45, 7) is 2.38. The molecule has 3 unspecified atom stereocenters. The number of nitrogens with one attached hydrogen (secondary N) is 3. The van der Waals surface area contributed by atoms with Crippen LogP contribution < -0.4 is 16.0 Å². The van der Waals surface area contributed by atoms with Crippen molar-refractivity contribution < 1.29 is 5.11 Å². The maximum atomic E-state index is 9.85. The smallest absolute Gasteiger partial charge is 0.224 e. The summed E-state index contributed by atoms with van der Waals surface area (Å²) in [7, 11) is 0. The lowest BCUT2D eigenvalue weighted by Crippen LogP contribution is -2.60. The number of aliphatic hydroxyl groups excluding tert-OH is 1. The van der Waals surface area contributed by atoms with Crippen molar-refractivity contribution in [2.75, 3.05) is 23.7 Å². The minimum absolute atomic E-state index is 0.0849. The molecule has 5 aliphatic carbocycles. The fourth-order valence-corrected chi connectivity index (χ4v) is 8.31. The Bertz CT molecular complexity index is 1240. The van der Waals surface area contributed by atoms with Gasteiger partial charge in [-0.1, -0.05) is 18.2 Å². The molecule has 2 aromatic rings. The Balaban J connectivity index is 1.08. The molecule has 1 aromatic carbocycles. The van der Waals surface area contributed by atoms with Gasteiger partial charge in [-0.05, 0) is 105 Å². The van der Waals surface area contributed by atoms with E-state index < -0.39 is 0 Å². The highest BCUT2D eigenvalue weighted by Gasteiger charge is 2.55. The standard InChI is InChI=1S/C31H39N7O/c32-14-22-3-1-2-4-23(22)17-35-30-36-18-26(15-33)29(38-30)37-19-31-11-21-9-24(12-31)28(25(10-21)13-31)34-16-20-5-7-27(39)8-6-20/h1-4,18,20-21,24-25,27-28,34,39H,5-13,16-17,19H2,(H2,35,36,37,38)/t20?,21?,24-,25+,27?,28?,31?. The zero-order chi connectivity index (χ0) is 26.8. The van der Waals surface area contributed by atoms with E-state index in [0.717, 1.165) is 62.1 Å². The second-order valence-corrected chi connectivity index (χ2v) is 12.6. The van der Waals surface area contributed by atoms with Crippen molar-refractivity contribution in [3.05, 3.63) is 47.2 Å². The Morgan fingerprint density at radius 3 is 2.44 bits per heavy atom. The SMILES string of the molecule is N#Cc1ccccc1CNc1ncc(C#N)c(NCC23CC4C[C@H](C2)C(NCC2CCC(O)CC2)[C@@H](C4)C3)n1. The molecule has 204 valence electrons. The van der Waals surface area contributed by atoms with Gasteiger partial charge in [-0.25, -0.2) is 4.98 Å². The lowest BCUT2D eigenvalue weighted by atomic mass is 9.48. The van der Waals surface area contributed by atoms with Crippen molar-refractivity contribution in [3.63, 3.8) is 0 Å². The lowest BCUT2D eigenvalue weighted by molar-refractivity contribution is -0.0704. The predicted molar refractivity (Wildman–Crippen MR) is 149 cm³/mol. The van der Waals surface area contributed by atoms with E-state index in [4.69, 9.17) is 0 Å². The second-order valence-electron chi connectivity index (χ2n) is 12.6. The molecule has 8 heteroatoms. The molecular formula is C31H39N7O. The van der Waals surface area contributed by atoms with Gasteiger partial charge < -0.3 is 21.1 Å².